The molecule has 4 saturated carbocycles. The van der Waals surface area contributed by atoms with E-state index in [1.54, 1.807) is 19.1 Å². The van der Waals surface area contributed by atoms with E-state index < -0.39 is 5.60 Å². The quantitative estimate of drug-likeness (QED) is 0.820. The van der Waals surface area contributed by atoms with Crippen molar-refractivity contribution in [1.82, 2.24) is 10.2 Å². The zero-order valence-electron chi connectivity index (χ0n) is 18.1. The van der Waals surface area contributed by atoms with Crippen LogP contribution in [-0.4, -0.2) is 48.7 Å². The van der Waals surface area contributed by atoms with Crippen molar-refractivity contribution >= 4 is 12.0 Å². The summed E-state index contributed by atoms with van der Waals surface area (Å²) in [5, 5.41) is 3.22. The van der Waals surface area contributed by atoms with Crippen LogP contribution in [0.5, 0.6) is 5.75 Å². The summed E-state index contributed by atoms with van der Waals surface area (Å²) in [6.45, 7) is 5.60. The van der Waals surface area contributed by atoms with Gasteiger partial charge in [0.25, 0.3) is 0 Å². The van der Waals surface area contributed by atoms with Gasteiger partial charge in [-0.2, -0.15) is 0 Å². The summed E-state index contributed by atoms with van der Waals surface area (Å²) in [7, 11) is 3.45. The van der Waals surface area contributed by atoms with E-state index in [0.717, 1.165) is 37.9 Å². The molecule has 0 unspecified atom stereocenters. The molecule has 1 aromatic carbocycles. The molecule has 2 bridgehead atoms. The summed E-state index contributed by atoms with van der Waals surface area (Å²) in [5.41, 5.74) is 0.827. The van der Waals surface area contributed by atoms with Gasteiger partial charge in [0.2, 0.25) is 5.91 Å². The number of carbonyl (C=O) groups is 2. The lowest BCUT2D eigenvalue weighted by molar-refractivity contribution is -0.177. The Morgan fingerprint density at radius 1 is 1.10 bits per heavy atom. The van der Waals surface area contributed by atoms with Gasteiger partial charge in [-0.1, -0.05) is 12.1 Å². The summed E-state index contributed by atoms with van der Waals surface area (Å²) in [6.07, 6.45) is 4.10. The van der Waals surface area contributed by atoms with E-state index in [4.69, 9.17) is 9.47 Å². The minimum absolute atomic E-state index is 0.133. The van der Waals surface area contributed by atoms with Gasteiger partial charge in [-0.15, -0.1) is 0 Å². The molecule has 6 nitrogen and oxygen atoms in total. The van der Waals surface area contributed by atoms with Crippen molar-refractivity contribution < 1.29 is 19.1 Å². The Hall–Kier alpha value is -2.24. The topological polar surface area (TPSA) is 67.9 Å². The first kappa shape index (κ1) is 20.0. The van der Waals surface area contributed by atoms with Crippen molar-refractivity contribution in [3.05, 3.63) is 29.8 Å². The summed E-state index contributed by atoms with van der Waals surface area (Å²) in [6, 6.07) is 8.54. The van der Waals surface area contributed by atoms with Crippen LogP contribution in [0, 0.1) is 5.41 Å². The predicted molar refractivity (Wildman–Crippen MR) is 110 cm³/mol. The van der Waals surface area contributed by atoms with Crippen LogP contribution < -0.4 is 10.1 Å². The Morgan fingerprint density at radius 2 is 1.69 bits per heavy atom. The summed E-state index contributed by atoms with van der Waals surface area (Å²) >= 11 is 0. The summed E-state index contributed by atoms with van der Waals surface area (Å²) in [5.74, 6) is 1.06. The lowest BCUT2D eigenvalue weighted by Gasteiger charge is -2.70. The number of rotatable bonds is 5. The summed E-state index contributed by atoms with van der Waals surface area (Å²) in [4.78, 5) is 26.6. The number of nitrogens with one attached hydrogen (secondary N) is 1. The second kappa shape index (κ2) is 6.64. The van der Waals surface area contributed by atoms with E-state index in [0.29, 0.717) is 0 Å². The first-order valence-electron chi connectivity index (χ1n) is 10.5. The molecule has 4 aliphatic carbocycles. The van der Waals surface area contributed by atoms with Gasteiger partial charge in [-0.05, 0) is 76.0 Å². The van der Waals surface area contributed by atoms with Crippen molar-refractivity contribution in [2.75, 3.05) is 14.2 Å². The third-order valence-corrected chi connectivity index (χ3v) is 6.89. The van der Waals surface area contributed by atoms with Crippen molar-refractivity contribution in [2.24, 2.45) is 5.41 Å². The highest BCUT2D eigenvalue weighted by Crippen LogP contribution is 2.73. The van der Waals surface area contributed by atoms with Crippen LogP contribution in [0.1, 0.15) is 58.4 Å². The van der Waals surface area contributed by atoms with Gasteiger partial charge in [0.1, 0.15) is 11.4 Å². The van der Waals surface area contributed by atoms with Crippen LogP contribution >= 0.6 is 0 Å². The van der Waals surface area contributed by atoms with E-state index in [2.05, 4.69) is 17.4 Å². The molecule has 0 aromatic heterocycles. The third-order valence-electron chi connectivity index (χ3n) is 6.89. The molecule has 0 heterocycles. The number of ether oxygens (including phenoxy) is 2. The third kappa shape index (κ3) is 3.47. The average Bonchev–Trinajstić information content (AvgIpc) is 2.54. The Labute approximate surface area is 172 Å². The second-order valence-corrected chi connectivity index (χ2v) is 10.2. The fourth-order valence-electron chi connectivity index (χ4n) is 5.12. The molecule has 0 aliphatic heterocycles. The maximum Gasteiger partial charge on any atom is 0.410 e. The highest BCUT2D eigenvalue weighted by Gasteiger charge is 2.71. The maximum atomic E-state index is 12.8. The fraction of sp³-hybridized carbons (Fsp3) is 0.652. The molecule has 0 saturated heterocycles. The number of hydrogen-bond donors (Lipinski definition) is 1. The van der Waals surface area contributed by atoms with Gasteiger partial charge in [0, 0.05) is 19.1 Å². The van der Waals surface area contributed by atoms with E-state index in [9.17, 15) is 9.59 Å². The molecular formula is C23H32N2O4. The van der Waals surface area contributed by atoms with Crippen LogP contribution in [0.4, 0.5) is 4.79 Å². The predicted octanol–water partition coefficient (Wildman–Crippen LogP) is 3.63. The zero-order valence-corrected chi connectivity index (χ0v) is 18.1. The van der Waals surface area contributed by atoms with Crippen molar-refractivity contribution in [2.45, 2.75) is 76.0 Å². The highest BCUT2D eigenvalue weighted by molar-refractivity contribution is 5.88. The number of hydrogen-bond acceptors (Lipinski definition) is 4. The molecule has 158 valence electrons. The summed E-state index contributed by atoms with van der Waals surface area (Å²) < 4.78 is 10.7. The second-order valence-electron chi connectivity index (χ2n) is 10.2. The lowest BCUT2D eigenvalue weighted by atomic mass is 9.33. The fourth-order valence-corrected chi connectivity index (χ4v) is 5.12. The number of benzene rings is 1. The van der Waals surface area contributed by atoms with Gasteiger partial charge in [0.05, 0.1) is 12.5 Å². The molecular weight excluding hydrogens is 368 g/mol. The molecule has 0 spiro atoms. The molecule has 6 heteroatoms. The van der Waals surface area contributed by atoms with Crippen LogP contribution in [-0.2, 0) is 14.9 Å². The maximum absolute atomic E-state index is 12.8. The lowest BCUT2D eigenvalue weighted by Crippen LogP contribution is -2.71. The molecule has 1 aromatic rings. The number of amides is 2. The molecule has 1 N–H and O–H groups in total. The molecule has 0 radical (unpaired) electrons. The van der Waals surface area contributed by atoms with Gasteiger partial charge in [0.15, 0.2) is 0 Å². The molecule has 0 atom stereocenters. The first-order valence-corrected chi connectivity index (χ1v) is 10.5. The Morgan fingerprint density at radius 3 is 2.21 bits per heavy atom. The Kier molecular flexibility index (Phi) is 4.59. The van der Waals surface area contributed by atoms with Crippen LogP contribution in [0.25, 0.3) is 0 Å². The zero-order chi connectivity index (χ0) is 21.0. The SMILES string of the molecule is COc1ccc(C23CC(C(=O)N[C@H]4C[C@@H](N(C)C(=O)OC(C)(C)C)C4)(C2)C3)cc1. The molecule has 4 fully saturated rings. The standard InChI is InChI=1S/C23H32N2O4/c1-21(2,3)29-20(27)25(4)17-10-16(11-17)24-19(26)23-12-22(13-23,14-23)15-6-8-18(28-5)9-7-15/h6-9,16-17H,10-14H2,1-5H3,(H,24,26)/t16-,17+,22?,23?. The van der Waals surface area contributed by atoms with Gasteiger partial charge in [-0.3, -0.25) is 4.79 Å². The molecule has 29 heavy (non-hydrogen) atoms. The van der Waals surface area contributed by atoms with Crippen molar-refractivity contribution in [3.63, 3.8) is 0 Å². The van der Waals surface area contributed by atoms with E-state index in [1.807, 2.05) is 32.9 Å². The van der Waals surface area contributed by atoms with Crippen LogP contribution in [0.15, 0.2) is 24.3 Å². The minimum atomic E-state index is -0.493. The van der Waals surface area contributed by atoms with Gasteiger partial charge in [-0.25, -0.2) is 4.79 Å². The Balaban J connectivity index is 1.23. The molecule has 5 rings (SSSR count). The average molecular weight is 401 g/mol. The highest BCUT2D eigenvalue weighted by atomic mass is 16.6. The van der Waals surface area contributed by atoms with Gasteiger partial charge < -0.3 is 19.7 Å². The number of nitrogens with zero attached hydrogens (tertiary/aromatic N) is 1. The Bertz CT molecular complexity index is 785. The minimum Gasteiger partial charge on any atom is -0.497 e. The monoisotopic (exact) mass is 400 g/mol. The first-order chi connectivity index (χ1) is 13.6. The normalized spacial score (nSPS) is 32.2. The smallest absolute Gasteiger partial charge is 0.410 e. The largest absolute Gasteiger partial charge is 0.497 e. The van der Waals surface area contributed by atoms with E-state index >= 15 is 0 Å². The number of methoxy groups -OCH3 is 1. The van der Waals surface area contributed by atoms with Gasteiger partial charge >= 0.3 is 6.09 Å². The van der Waals surface area contributed by atoms with E-state index in [-0.39, 0.29) is 34.9 Å². The van der Waals surface area contributed by atoms with Crippen molar-refractivity contribution in [3.8, 4) is 5.75 Å². The number of carbonyl (C=O) groups excluding carboxylic acids is 2. The van der Waals surface area contributed by atoms with Crippen LogP contribution in [0.3, 0.4) is 0 Å². The molecule has 4 aliphatic rings. The van der Waals surface area contributed by atoms with Crippen LogP contribution in [0.2, 0.25) is 0 Å². The molecule has 2 amide bonds. The van der Waals surface area contributed by atoms with Crippen molar-refractivity contribution in [1.29, 1.82) is 0 Å². The van der Waals surface area contributed by atoms with E-state index in [1.165, 1.54) is 5.56 Å².